The molecule has 0 aliphatic carbocycles. The van der Waals surface area contributed by atoms with Gasteiger partial charge >= 0.3 is 0 Å². The van der Waals surface area contributed by atoms with Crippen molar-refractivity contribution in [1.29, 1.82) is 0 Å². The van der Waals surface area contributed by atoms with Gasteiger partial charge in [-0.25, -0.2) is 0 Å². The quantitative estimate of drug-likeness (QED) is 0.772. The zero-order chi connectivity index (χ0) is 10.8. The van der Waals surface area contributed by atoms with Crippen LogP contribution in [-0.2, 0) is 0 Å². The number of rotatable bonds is 1. The van der Waals surface area contributed by atoms with Crippen LogP contribution in [0.3, 0.4) is 0 Å². The Bertz CT molecular complexity index is 477. The van der Waals surface area contributed by atoms with Crippen LogP contribution in [0.5, 0.6) is 0 Å². The van der Waals surface area contributed by atoms with Crippen molar-refractivity contribution in [2.75, 3.05) is 5.73 Å². The summed E-state index contributed by atoms with van der Waals surface area (Å²) in [5, 5.41) is 0. The highest BCUT2D eigenvalue weighted by Crippen LogP contribution is 2.31. The van der Waals surface area contributed by atoms with Crippen molar-refractivity contribution in [3.63, 3.8) is 0 Å². The summed E-state index contributed by atoms with van der Waals surface area (Å²) in [6, 6.07) is 14.3. The highest BCUT2D eigenvalue weighted by Gasteiger charge is 2.05. The summed E-state index contributed by atoms with van der Waals surface area (Å²) >= 11 is 3.49. The average Bonchev–Trinajstić information content (AvgIpc) is 2.24. The molecule has 0 atom stereocenters. The van der Waals surface area contributed by atoms with Gasteiger partial charge in [0.1, 0.15) is 0 Å². The molecule has 76 valence electrons. The Labute approximate surface area is 98.1 Å². The molecule has 0 aliphatic heterocycles. The van der Waals surface area contributed by atoms with Crippen LogP contribution in [0.4, 0.5) is 5.69 Å². The fourth-order valence-corrected chi connectivity index (χ4v) is 2.18. The van der Waals surface area contributed by atoms with E-state index in [0.717, 1.165) is 26.9 Å². The first kappa shape index (κ1) is 10.2. The second-order valence-electron chi connectivity index (χ2n) is 3.55. The van der Waals surface area contributed by atoms with E-state index in [9.17, 15) is 0 Å². The second-order valence-corrected chi connectivity index (χ2v) is 4.47. The van der Waals surface area contributed by atoms with E-state index in [1.54, 1.807) is 0 Å². The number of halogens is 1. The fraction of sp³-hybridized carbons (Fsp3) is 0.0769. The molecular formula is C13H12BrN. The lowest BCUT2D eigenvalue weighted by molar-refractivity contribution is 1.44. The summed E-state index contributed by atoms with van der Waals surface area (Å²) in [5.74, 6) is 0. The van der Waals surface area contributed by atoms with Crippen LogP contribution < -0.4 is 5.73 Å². The van der Waals surface area contributed by atoms with Crippen LogP contribution in [0.15, 0.2) is 46.9 Å². The minimum absolute atomic E-state index is 0.851. The normalized spacial score (nSPS) is 10.3. The summed E-state index contributed by atoms with van der Waals surface area (Å²) < 4.78 is 1.06. The van der Waals surface area contributed by atoms with Gasteiger partial charge in [-0.1, -0.05) is 46.3 Å². The fourth-order valence-electron chi connectivity index (χ4n) is 1.61. The Morgan fingerprint density at radius 1 is 1.07 bits per heavy atom. The van der Waals surface area contributed by atoms with E-state index in [4.69, 9.17) is 5.73 Å². The highest BCUT2D eigenvalue weighted by molar-refractivity contribution is 9.10. The SMILES string of the molecule is Cc1cc(Br)cc(-c2ccccc2)c1N. The molecule has 15 heavy (non-hydrogen) atoms. The number of anilines is 1. The largest absolute Gasteiger partial charge is 0.398 e. The van der Waals surface area contributed by atoms with Gasteiger partial charge in [-0.3, -0.25) is 0 Å². The molecule has 0 spiro atoms. The summed E-state index contributed by atoms with van der Waals surface area (Å²) in [7, 11) is 0. The standard InChI is InChI=1S/C13H12BrN/c1-9-7-11(14)8-12(13(9)15)10-5-3-2-4-6-10/h2-8H,15H2,1H3. The average molecular weight is 262 g/mol. The third-order valence-corrected chi connectivity index (χ3v) is 2.89. The van der Waals surface area contributed by atoms with Gasteiger partial charge in [0.05, 0.1) is 0 Å². The molecule has 0 aliphatic rings. The van der Waals surface area contributed by atoms with Gasteiger partial charge in [0.15, 0.2) is 0 Å². The zero-order valence-electron chi connectivity index (χ0n) is 8.50. The van der Waals surface area contributed by atoms with E-state index in [0.29, 0.717) is 0 Å². The summed E-state index contributed by atoms with van der Waals surface area (Å²) in [6.45, 7) is 2.02. The van der Waals surface area contributed by atoms with Crippen LogP contribution in [0.25, 0.3) is 11.1 Å². The molecule has 0 saturated heterocycles. The molecule has 2 rings (SSSR count). The Kier molecular flexibility index (Phi) is 2.78. The first-order valence-electron chi connectivity index (χ1n) is 4.79. The first-order valence-corrected chi connectivity index (χ1v) is 5.59. The third-order valence-electron chi connectivity index (χ3n) is 2.44. The molecular weight excluding hydrogens is 250 g/mol. The maximum absolute atomic E-state index is 6.06. The zero-order valence-corrected chi connectivity index (χ0v) is 10.1. The van der Waals surface area contributed by atoms with E-state index in [1.807, 2.05) is 31.2 Å². The van der Waals surface area contributed by atoms with Crippen molar-refractivity contribution in [3.05, 3.63) is 52.5 Å². The van der Waals surface area contributed by atoms with Gasteiger partial charge in [0.2, 0.25) is 0 Å². The third kappa shape index (κ3) is 2.05. The maximum atomic E-state index is 6.06. The van der Waals surface area contributed by atoms with Crippen LogP contribution in [0.2, 0.25) is 0 Å². The number of hydrogen-bond acceptors (Lipinski definition) is 1. The molecule has 0 unspecified atom stereocenters. The van der Waals surface area contributed by atoms with Gasteiger partial charge < -0.3 is 5.73 Å². The molecule has 0 bridgehead atoms. The predicted molar refractivity (Wildman–Crippen MR) is 68.7 cm³/mol. The Balaban J connectivity index is 2.63. The Morgan fingerprint density at radius 2 is 1.73 bits per heavy atom. The highest BCUT2D eigenvalue weighted by atomic mass is 79.9. The molecule has 2 aromatic carbocycles. The Morgan fingerprint density at radius 3 is 2.40 bits per heavy atom. The number of aryl methyl sites for hydroxylation is 1. The van der Waals surface area contributed by atoms with Crippen LogP contribution in [0, 0.1) is 6.92 Å². The van der Waals surface area contributed by atoms with Crippen molar-refractivity contribution in [2.24, 2.45) is 0 Å². The van der Waals surface area contributed by atoms with Gasteiger partial charge in [-0.05, 0) is 30.2 Å². The number of nitrogens with two attached hydrogens (primary N) is 1. The monoisotopic (exact) mass is 261 g/mol. The lowest BCUT2D eigenvalue weighted by Gasteiger charge is -2.09. The van der Waals surface area contributed by atoms with Crippen molar-refractivity contribution >= 4 is 21.6 Å². The topological polar surface area (TPSA) is 26.0 Å². The molecule has 0 fully saturated rings. The summed E-state index contributed by atoms with van der Waals surface area (Å²) in [5.41, 5.74) is 10.3. The van der Waals surface area contributed by atoms with Crippen LogP contribution in [-0.4, -0.2) is 0 Å². The van der Waals surface area contributed by atoms with E-state index >= 15 is 0 Å². The number of benzene rings is 2. The second kappa shape index (κ2) is 4.07. The minimum atomic E-state index is 0.851. The van der Waals surface area contributed by atoms with E-state index in [1.165, 1.54) is 0 Å². The van der Waals surface area contributed by atoms with E-state index in [2.05, 4.69) is 34.1 Å². The van der Waals surface area contributed by atoms with Crippen molar-refractivity contribution in [3.8, 4) is 11.1 Å². The lowest BCUT2D eigenvalue weighted by atomic mass is 10.0. The van der Waals surface area contributed by atoms with E-state index < -0.39 is 0 Å². The minimum Gasteiger partial charge on any atom is -0.398 e. The van der Waals surface area contributed by atoms with Gasteiger partial charge in [-0.2, -0.15) is 0 Å². The molecule has 2 aromatic rings. The first-order chi connectivity index (χ1) is 7.18. The number of hydrogen-bond donors (Lipinski definition) is 1. The van der Waals surface area contributed by atoms with E-state index in [-0.39, 0.29) is 0 Å². The van der Waals surface area contributed by atoms with Crippen LogP contribution >= 0.6 is 15.9 Å². The molecule has 0 aromatic heterocycles. The van der Waals surface area contributed by atoms with Crippen molar-refractivity contribution < 1.29 is 0 Å². The summed E-state index contributed by atoms with van der Waals surface area (Å²) in [4.78, 5) is 0. The van der Waals surface area contributed by atoms with Crippen LogP contribution in [0.1, 0.15) is 5.56 Å². The van der Waals surface area contributed by atoms with Gasteiger partial charge in [-0.15, -0.1) is 0 Å². The summed E-state index contributed by atoms with van der Waals surface area (Å²) in [6.07, 6.45) is 0. The smallest absolute Gasteiger partial charge is 0.0424 e. The van der Waals surface area contributed by atoms with Gasteiger partial charge in [0.25, 0.3) is 0 Å². The van der Waals surface area contributed by atoms with Crippen molar-refractivity contribution in [1.82, 2.24) is 0 Å². The lowest BCUT2D eigenvalue weighted by Crippen LogP contribution is -1.93. The predicted octanol–water partition coefficient (Wildman–Crippen LogP) is 4.01. The Hall–Kier alpha value is -1.28. The molecule has 0 radical (unpaired) electrons. The molecule has 1 nitrogen and oxygen atoms in total. The molecule has 0 heterocycles. The maximum Gasteiger partial charge on any atom is 0.0424 e. The number of nitrogen functional groups attached to an aromatic ring is 1. The van der Waals surface area contributed by atoms with Crippen molar-refractivity contribution in [2.45, 2.75) is 6.92 Å². The molecule has 2 N–H and O–H groups in total. The molecule has 2 heteroatoms. The molecule has 0 amide bonds. The molecule has 0 saturated carbocycles. The van der Waals surface area contributed by atoms with Gasteiger partial charge in [0, 0.05) is 15.7 Å².